The van der Waals surface area contributed by atoms with Gasteiger partial charge in [-0.1, -0.05) is 18.6 Å². The van der Waals surface area contributed by atoms with Gasteiger partial charge in [-0.25, -0.2) is 4.99 Å². The molecule has 7 heteroatoms. The van der Waals surface area contributed by atoms with Crippen LogP contribution in [-0.4, -0.2) is 75.1 Å². The van der Waals surface area contributed by atoms with Crippen molar-refractivity contribution in [2.75, 3.05) is 57.9 Å². The summed E-state index contributed by atoms with van der Waals surface area (Å²) >= 11 is 0. The van der Waals surface area contributed by atoms with Crippen molar-refractivity contribution in [3.63, 3.8) is 0 Å². The third-order valence-corrected chi connectivity index (χ3v) is 5.82. The summed E-state index contributed by atoms with van der Waals surface area (Å²) in [6.45, 7) is 5.83. The van der Waals surface area contributed by atoms with Crippen LogP contribution < -0.4 is 10.6 Å². The topological polar surface area (TPSA) is 78.8 Å². The minimum Gasteiger partial charge on any atom is -0.378 e. The van der Waals surface area contributed by atoms with Crippen LogP contribution in [0.1, 0.15) is 12.0 Å². The highest BCUT2D eigenvalue weighted by atomic mass is 16.5. The third kappa shape index (κ3) is 4.16. The van der Waals surface area contributed by atoms with Crippen LogP contribution >= 0.6 is 0 Å². The number of aliphatic imine (C=N–C) groups is 3. The van der Waals surface area contributed by atoms with Crippen molar-refractivity contribution in [2.24, 2.45) is 26.6 Å². The molecule has 0 amide bonds. The summed E-state index contributed by atoms with van der Waals surface area (Å²) in [4.78, 5) is 18.3. The average molecular weight is 405 g/mol. The smallest absolute Gasteiger partial charge is 0.157 e. The van der Waals surface area contributed by atoms with E-state index in [0.29, 0.717) is 18.2 Å². The molecule has 4 rings (SSSR count). The maximum Gasteiger partial charge on any atom is 0.157 e. The number of allylic oxidation sites excluding steroid dienone is 1. The third-order valence-electron chi connectivity index (χ3n) is 5.82. The molecule has 2 N–H and O–H groups in total. The zero-order chi connectivity index (χ0) is 20.9. The molecule has 1 aromatic rings. The maximum atomic E-state index is 5.89. The summed E-state index contributed by atoms with van der Waals surface area (Å²) in [6, 6.07) is 10.9. The standard InChI is InChI=1S/C23H28N6O/c1-3-26-21-14-20(18-4-6-19(7-5-18)28-10-12-30-13-11-28)27-23(22(21)25-2)29-9-8-17(15-24)16-29/h1,4-7,14,17H,8-13,15-16,24H2,2H3/b25-22+,26-21-/t17-/m0/s1. The van der Waals surface area contributed by atoms with Crippen molar-refractivity contribution in [1.29, 1.82) is 0 Å². The van der Waals surface area contributed by atoms with Crippen molar-refractivity contribution >= 4 is 28.6 Å². The molecular weight excluding hydrogens is 376 g/mol. The number of likely N-dealkylation sites (tertiary alicyclic amines) is 1. The van der Waals surface area contributed by atoms with E-state index in [0.717, 1.165) is 68.6 Å². The number of ether oxygens (including phenoxy) is 1. The number of morpholine rings is 1. The fourth-order valence-corrected chi connectivity index (χ4v) is 4.13. The molecule has 3 heterocycles. The number of amidine groups is 1. The highest BCUT2D eigenvalue weighted by molar-refractivity contribution is 6.72. The number of hydrogen-bond donors (Lipinski definition) is 1. The molecule has 2 fully saturated rings. The number of nitrogens with zero attached hydrogens (tertiary/aromatic N) is 5. The molecule has 30 heavy (non-hydrogen) atoms. The van der Waals surface area contributed by atoms with Gasteiger partial charge in [-0.3, -0.25) is 4.99 Å². The van der Waals surface area contributed by atoms with Crippen molar-refractivity contribution in [3.05, 3.63) is 35.9 Å². The lowest BCUT2D eigenvalue weighted by molar-refractivity contribution is 0.122. The van der Waals surface area contributed by atoms with Crippen LogP contribution in [0.15, 0.2) is 45.3 Å². The van der Waals surface area contributed by atoms with E-state index in [-0.39, 0.29) is 0 Å². The Kier molecular flexibility index (Phi) is 6.26. The Hall–Kier alpha value is -2.95. The van der Waals surface area contributed by atoms with Gasteiger partial charge < -0.3 is 20.3 Å². The number of anilines is 1. The molecule has 3 aliphatic rings. The molecule has 156 valence electrons. The van der Waals surface area contributed by atoms with Gasteiger partial charge >= 0.3 is 0 Å². The monoisotopic (exact) mass is 404 g/mol. The predicted molar refractivity (Wildman–Crippen MR) is 123 cm³/mol. The molecular formula is C23H28N6O. The molecule has 0 unspecified atom stereocenters. The first-order chi connectivity index (χ1) is 14.7. The fourth-order valence-electron chi connectivity index (χ4n) is 4.13. The maximum absolute atomic E-state index is 5.89. The van der Waals surface area contributed by atoms with E-state index < -0.39 is 0 Å². The molecule has 0 spiro atoms. The molecule has 0 aliphatic carbocycles. The van der Waals surface area contributed by atoms with Crippen LogP contribution in [-0.2, 0) is 4.74 Å². The number of rotatable bonds is 3. The summed E-state index contributed by atoms with van der Waals surface area (Å²) in [6.07, 6.45) is 8.48. The predicted octanol–water partition coefficient (Wildman–Crippen LogP) is 1.66. The van der Waals surface area contributed by atoms with E-state index in [4.69, 9.17) is 21.9 Å². The molecule has 0 bridgehead atoms. The lowest BCUT2D eigenvalue weighted by Gasteiger charge is -2.29. The summed E-state index contributed by atoms with van der Waals surface area (Å²) in [5.74, 6) is 1.30. The summed E-state index contributed by atoms with van der Waals surface area (Å²) in [5, 5.41) is 0. The molecule has 0 saturated carbocycles. The first-order valence-electron chi connectivity index (χ1n) is 10.4. The second kappa shape index (κ2) is 9.24. The van der Waals surface area contributed by atoms with Gasteiger partial charge in [0.15, 0.2) is 5.84 Å². The Bertz CT molecular complexity index is 931. The van der Waals surface area contributed by atoms with Crippen LogP contribution in [0.2, 0.25) is 0 Å². The molecule has 3 aliphatic heterocycles. The van der Waals surface area contributed by atoms with Crippen molar-refractivity contribution in [3.8, 4) is 12.5 Å². The highest BCUT2D eigenvalue weighted by Crippen LogP contribution is 2.26. The van der Waals surface area contributed by atoms with Crippen LogP contribution in [0.3, 0.4) is 0 Å². The minimum absolute atomic E-state index is 0.473. The number of terminal acetylenes is 1. The Morgan fingerprint density at radius 2 is 1.97 bits per heavy atom. The van der Waals surface area contributed by atoms with Gasteiger partial charge in [-0.05, 0) is 37.1 Å². The van der Waals surface area contributed by atoms with Crippen molar-refractivity contribution in [1.82, 2.24) is 4.90 Å². The lowest BCUT2D eigenvalue weighted by Crippen LogP contribution is -2.40. The van der Waals surface area contributed by atoms with Gasteiger partial charge in [0.1, 0.15) is 11.4 Å². The summed E-state index contributed by atoms with van der Waals surface area (Å²) in [5.41, 5.74) is 10.4. The van der Waals surface area contributed by atoms with E-state index in [1.54, 1.807) is 7.05 Å². The van der Waals surface area contributed by atoms with Crippen LogP contribution in [0.25, 0.3) is 5.70 Å². The minimum atomic E-state index is 0.473. The Labute approximate surface area is 178 Å². The molecule has 0 aromatic heterocycles. The lowest BCUT2D eigenvalue weighted by atomic mass is 10.0. The van der Waals surface area contributed by atoms with E-state index in [1.165, 1.54) is 5.69 Å². The summed E-state index contributed by atoms with van der Waals surface area (Å²) in [7, 11) is 1.75. The van der Waals surface area contributed by atoms with E-state index in [2.05, 4.69) is 50.1 Å². The Morgan fingerprint density at radius 1 is 1.20 bits per heavy atom. The number of hydrogen-bond acceptors (Lipinski definition) is 7. The quantitative estimate of drug-likeness (QED) is 0.777. The molecule has 1 atom stereocenters. The van der Waals surface area contributed by atoms with Crippen molar-refractivity contribution < 1.29 is 4.74 Å². The van der Waals surface area contributed by atoms with Crippen LogP contribution in [0, 0.1) is 18.4 Å². The number of nitrogens with two attached hydrogens (primary N) is 1. The van der Waals surface area contributed by atoms with E-state index in [1.807, 2.05) is 6.08 Å². The van der Waals surface area contributed by atoms with E-state index in [9.17, 15) is 0 Å². The normalized spacial score (nSPS) is 24.8. The molecule has 2 saturated heterocycles. The van der Waals surface area contributed by atoms with Crippen LogP contribution in [0.4, 0.5) is 5.69 Å². The first-order valence-corrected chi connectivity index (χ1v) is 10.4. The second-order valence-corrected chi connectivity index (χ2v) is 7.65. The van der Waals surface area contributed by atoms with Gasteiger partial charge in [0.2, 0.25) is 0 Å². The van der Waals surface area contributed by atoms with Gasteiger partial charge in [0.05, 0.1) is 18.9 Å². The molecule has 7 nitrogen and oxygen atoms in total. The van der Waals surface area contributed by atoms with Gasteiger partial charge in [0.25, 0.3) is 0 Å². The molecule has 0 radical (unpaired) electrons. The Balaban J connectivity index is 1.65. The Morgan fingerprint density at radius 3 is 2.60 bits per heavy atom. The highest BCUT2D eigenvalue weighted by Gasteiger charge is 2.30. The van der Waals surface area contributed by atoms with Gasteiger partial charge in [0, 0.05) is 50.5 Å². The van der Waals surface area contributed by atoms with Crippen LogP contribution in [0.5, 0.6) is 0 Å². The van der Waals surface area contributed by atoms with E-state index >= 15 is 0 Å². The average Bonchev–Trinajstić information content (AvgIpc) is 3.29. The molecule has 1 aromatic carbocycles. The zero-order valence-corrected chi connectivity index (χ0v) is 17.4. The number of benzene rings is 1. The zero-order valence-electron chi connectivity index (χ0n) is 17.4. The van der Waals surface area contributed by atoms with Gasteiger partial charge in [-0.2, -0.15) is 4.99 Å². The first kappa shape index (κ1) is 20.3. The fraction of sp³-hybridized carbons (Fsp3) is 0.435. The van der Waals surface area contributed by atoms with Gasteiger partial charge in [-0.15, -0.1) is 0 Å². The SMILES string of the molecule is C#C/N=C1/C=C(c2ccc(N3CCOCC3)cc2)N=C(N2CC[C@@H](CN)C2)/C1=N/C. The summed E-state index contributed by atoms with van der Waals surface area (Å²) < 4.78 is 5.45. The van der Waals surface area contributed by atoms with Crippen molar-refractivity contribution in [2.45, 2.75) is 6.42 Å². The largest absolute Gasteiger partial charge is 0.378 e. The second-order valence-electron chi connectivity index (χ2n) is 7.65.